The highest BCUT2D eigenvalue weighted by atomic mass is 19.1. The molecule has 4 heteroatoms. The zero-order valence-electron chi connectivity index (χ0n) is 8.28. The number of carboxylic acid groups (broad SMARTS) is 1. The van der Waals surface area contributed by atoms with Crippen LogP contribution in [-0.2, 0) is 16.1 Å². The van der Waals surface area contributed by atoms with E-state index in [1.165, 1.54) is 12.1 Å². The summed E-state index contributed by atoms with van der Waals surface area (Å²) in [6.45, 7) is 0.795. The predicted molar refractivity (Wildman–Crippen MR) is 52.9 cm³/mol. The van der Waals surface area contributed by atoms with Gasteiger partial charge in [-0.3, -0.25) is 4.79 Å². The summed E-state index contributed by atoms with van der Waals surface area (Å²) >= 11 is 0. The van der Waals surface area contributed by atoms with Crippen LogP contribution in [0.5, 0.6) is 0 Å². The maximum atomic E-state index is 12.5. The first-order chi connectivity index (χ1) is 7.18. The van der Waals surface area contributed by atoms with E-state index in [-0.39, 0.29) is 12.2 Å². The molecule has 0 unspecified atom stereocenters. The van der Waals surface area contributed by atoms with Gasteiger partial charge in [-0.15, -0.1) is 0 Å². The Morgan fingerprint density at radius 1 is 1.33 bits per heavy atom. The number of hydrogen-bond acceptors (Lipinski definition) is 2. The minimum Gasteiger partial charge on any atom is -0.481 e. The highest BCUT2D eigenvalue weighted by Gasteiger charge is 1.97. The number of aliphatic carboxylic acids is 1. The lowest BCUT2D eigenvalue weighted by Crippen LogP contribution is -2.00. The summed E-state index contributed by atoms with van der Waals surface area (Å²) in [5, 5.41) is 8.36. The van der Waals surface area contributed by atoms with Crippen LogP contribution >= 0.6 is 0 Å². The van der Waals surface area contributed by atoms with Crippen molar-refractivity contribution in [3.8, 4) is 0 Å². The molecule has 0 aliphatic carbocycles. The van der Waals surface area contributed by atoms with Gasteiger partial charge < -0.3 is 9.84 Å². The third kappa shape index (κ3) is 5.12. The summed E-state index contributed by atoms with van der Waals surface area (Å²) in [4.78, 5) is 10.2. The lowest BCUT2D eigenvalue weighted by molar-refractivity contribution is -0.137. The van der Waals surface area contributed by atoms with Crippen LogP contribution in [0, 0.1) is 5.82 Å². The molecule has 0 aliphatic rings. The zero-order chi connectivity index (χ0) is 11.1. The Balaban J connectivity index is 2.15. The van der Waals surface area contributed by atoms with Crippen LogP contribution in [0.25, 0.3) is 0 Å². The molecule has 1 aromatic rings. The minimum absolute atomic E-state index is 0.115. The molecule has 0 fully saturated rings. The fraction of sp³-hybridized carbons (Fsp3) is 0.364. The molecule has 1 rings (SSSR count). The van der Waals surface area contributed by atoms with Gasteiger partial charge in [-0.25, -0.2) is 4.39 Å². The molecule has 0 saturated carbocycles. The zero-order valence-corrected chi connectivity index (χ0v) is 8.28. The Morgan fingerprint density at radius 2 is 2.00 bits per heavy atom. The summed E-state index contributed by atoms with van der Waals surface area (Å²) in [5.74, 6) is -1.09. The predicted octanol–water partition coefficient (Wildman–Crippen LogP) is 2.21. The number of benzene rings is 1. The second kappa shape index (κ2) is 6.14. The molecule has 0 heterocycles. The van der Waals surface area contributed by atoms with Crippen LogP contribution in [-0.4, -0.2) is 17.7 Å². The molecule has 0 bridgehead atoms. The second-order valence-corrected chi connectivity index (χ2v) is 3.18. The smallest absolute Gasteiger partial charge is 0.303 e. The first kappa shape index (κ1) is 11.7. The van der Waals surface area contributed by atoms with Crippen molar-refractivity contribution in [3.05, 3.63) is 35.6 Å². The minimum atomic E-state index is -0.819. The molecule has 0 aliphatic heterocycles. The molecule has 0 spiro atoms. The maximum absolute atomic E-state index is 12.5. The fourth-order valence-electron chi connectivity index (χ4n) is 1.10. The molecular formula is C11H13FO3. The van der Waals surface area contributed by atoms with E-state index in [1.54, 1.807) is 12.1 Å². The van der Waals surface area contributed by atoms with E-state index >= 15 is 0 Å². The van der Waals surface area contributed by atoms with Gasteiger partial charge in [-0.05, 0) is 24.1 Å². The Morgan fingerprint density at radius 3 is 2.60 bits per heavy atom. The van der Waals surface area contributed by atoms with Crippen molar-refractivity contribution in [2.24, 2.45) is 0 Å². The van der Waals surface area contributed by atoms with Crippen molar-refractivity contribution in [2.45, 2.75) is 19.4 Å². The van der Waals surface area contributed by atoms with Gasteiger partial charge >= 0.3 is 5.97 Å². The van der Waals surface area contributed by atoms with E-state index in [9.17, 15) is 9.18 Å². The van der Waals surface area contributed by atoms with E-state index in [0.717, 1.165) is 5.56 Å². The van der Waals surface area contributed by atoms with Crippen LogP contribution in [0.2, 0.25) is 0 Å². The summed E-state index contributed by atoms with van der Waals surface area (Å²) in [7, 11) is 0. The standard InChI is InChI=1S/C11H13FO3/c12-10-5-3-9(4-6-10)8-15-7-1-2-11(13)14/h3-6H,1-2,7-8H2,(H,13,14). The summed E-state index contributed by atoms with van der Waals surface area (Å²) < 4.78 is 17.7. The van der Waals surface area contributed by atoms with Gasteiger partial charge in [0.1, 0.15) is 5.82 Å². The first-order valence-corrected chi connectivity index (χ1v) is 4.72. The van der Waals surface area contributed by atoms with Crippen LogP contribution in [0.4, 0.5) is 4.39 Å². The van der Waals surface area contributed by atoms with Gasteiger partial charge in [0, 0.05) is 13.0 Å². The number of ether oxygens (including phenoxy) is 1. The molecule has 0 amide bonds. The number of rotatable bonds is 6. The average molecular weight is 212 g/mol. The van der Waals surface area contributed by atoms with Gasteiger partial charge in [0.2, 0.25) is 0 Å². The van der Waals surface area contributed by atoms with Crippen molar-refractivity contribution in [3.63, 3.8) is 0 Å². The molecule has 82 valence electrons. The van der Waals surface area contributed by atoms with Gasteiger partial charge in [0.25, 0.3) is 0 Å². The molecule has 1 N–H and O–H groups in total. The number of halogens is 1. The molecule has 0 aromatic heterocycles. The van der Waals surface area contributed by atoms with Crippen molar-refractivity contribution in [2.75, 3.05) is 6.61 Å². The van der Waals surface area contributed by atoms with Crippen molar-refractivity contribution in [1.82, 2.24) is 0 Å². The van der Waals surface area contributed by atoms with E-state index in [1.807, 2.05) is 0 Å². The Labute approximate surface area is 87.5 Å². The van der Waals surface area contributed by atoms with Gasteiger partial charge in [-0.1, -0.05) is 12.1 Å². The Bertz CT molecular complexity index is 308. The quantitative estimate of drug-likeness (QED) is 0.735. The van der Waals surface area contributed by atoms with Crippen LogP contribution in [0.1, 0.15) is 18.4 Å². The van der Waals surface area contributed by atoms with Crippen LogP contribution < -0.4 is 0 Å². The lowest BCUT2D eigenvalue weighted by atomic mass is 10.2. The molecule has 3 nitrogen and oxygen atoms in total. The first-order valence-electron chi connectivity index (χ1n) is 4.72. The summed E-state index contributed by atoms with van der Waals surface area (Å²) in [6.07, 6.45) is 0.611. The monoisotopic (exact) mass is 212 g/mol. The lowest BCUT2D eigenvalue weighted by Gasteiger charge is -2.02. The molecule has 0 atom stereocenters. The normalized spacial score (nSPS) is 10.2. The van der Waals surface area contributed by atoms with Crippen LogP contribution in [0.3, 0.4) is 0 Å². The van der Waals surface area contributed by atoms with Crippen LogP contribution in [0.15, 0.2) is 24.3 Å². The second-order valence-electron chi connectivity index (χ2n) is 3.18. The largest absolute Gasteiger partial charge is 0.481 e. The van der Waals surface area contributed by atoms with E-state index in [4.69, 9.17) is 9.84 Å². The molecule has 1 aromatic carbocycles. The summed E-state index contributed by atoms with van der Waals surface area (Å²) in [5.41, 5.74) is 0.881. The molecular weight excluding hydrogens is 199 g/mol. The van der Waals surface area contributed by atoms with Gasteiger partial charge in [-0.2, -0.15) is 0 Å². The number of hydrogen-bond donors (Lipinski definition) is 1. The maximum Gasteiger partial charge on any atom is 0.303 e. The van der Waals surface area contributed by atoms with E-state index < -0.39 is 5.97 Å². The van der Waals surface area contributed by atoms with E-state index in [2.05, 4.69) is 0 Å². The van der Waals surface area contributed by atoms with Gasteiger partial charge in [0.05, 0.1) is 6.61 Å². The SMILES string of the molecule is O=C(O)CCCOCc1ccc(F)cc1. The van der Waals surface area contributed by atoms with E-state index in [0.29, 0.717) is 19.6 Å². The summed E-state index contributed by atoms with van der Waals surface area (Å²) in [6, 6.07) is 6.03. The topological polar surface area (TPSA) is 46.5 Å². The third-order valence-electron chi connectivity index (χ3n) is 1.86. The Kier molecular flexibility index (Phi) is 4.77. The molecule has 0 radical (unpaired) electrons. The van der Waals surface area contributed by atoms with Gasteiger partial charge in [0.15, 0.2) is 0 Å². The third-order valence-corrected chi connectivity index (χ3v) is 1.86. The Hall–Kier alpha value is -1.42. The highest BCUT2D eigenvalue weighted by Crippen LogP contribution is 2.04. The van der Waals surface area contributed by atoms with Crippen molar-refractivity contribution in [1.29, 1.82) is 0 Å². The highest BCUT2D eigenvalue weighted by molar-refractivity contribution is 5.66. The average Bonchev–Trinajstić information content (AvgIpc) is 2.20. The fourth-order valence-corrected chi connectivity index (χ4v) is 1.10. The van der Waals surface area contributed by atoms with Crippen molar-refractivity contribution >= 4 is 5.97 Å². The van der Waals surface area contributed by atoms with Crippen molar-refractivity contribution < 1.29 is 19.0 Å². The molecule has 0 saturated heterocycles. The molecule has 15 heavy (non-hydrogen) atoms. The number of carbonyl (C=O) groups is 1. The number of carboxylic acids is 1.